The van der Waals surface area contributed by atoms with Crippen molar-refractivity contribution in [1.82, 2.24) is 4.98 Å². The first-order valence-electron chi connectivity index (χ1n) is 6.10. The Kier molecular flexibility index (Phi) is 4.05. The molecular weight excluding hydrogens is 222 g/mol. The molecule has 0 bridgehead atoms. The number of nitrogens with zero attached hydrogens (tertiary/aromatic N) is 1. The van der Waals surface area contributed by atoms with Gasteiger partial charge < -0.3 is 4.74 Å². The predicted octanol–water partition coefficient (Wildman–Crippen LogP) is 4.01. The Labute approximate surface area is 102 Å². The van der Waals surface area contributed by atoms with Crippen molar-refractivity contribution in [2.24, 2.45) is 0 Å². The molecular formula is C13H18ClNO. The average Bonchev–Trinajstić information content (AvgIpc) is 2.33. The van der Waals surface area contributed by atoms with Crippen LogP contribution >= 0.6 is 11.6 Å². The van der Waals surface area contributed by atoms with Crippen molar-refractivity contribution >= 4 is 11.6 Å². The van der Waals surface area contributed by atoms with Crippen LogP contribution in [0.2, 0.25) is 5.02 Å². The van der Waals surface area contributed by atoms with Crippen LogP contribution in [-0.4, -0.2) is 11.1 Å². The molecule has 0 spiro atoms. The van der Waals surface area contributed by atoms with Crippen LogP contribution in [0, 0.1) is 0 Å². The predicted molar refractivity (Wildman–Crippen MR) is 66.1 cm³/mol. The number of rotatable bonds is 3. The molecule has 1 aliphatic carbocycles. The van der Waals surface area contributed by atoms with Crippen molar-refractivity contribution in [2.75, 3.05) is 0 Å². The molecule has 0 aromatic carbocycles. The third kappa shape index (κ3) is 2.88. The molecule has 0 N–H and O–H groups in total. The molecule has 2 rings (SSSR count). The van der Waals surface area contributed by atoms with Crippen molar-refractivity contribution < 1.29 is 4.74 Å². The summed E-state index contributed by atoms with van der Waals surface area (Å²) < 4.78 is 5.84. The van der Waals surface area contributed by atoms with Gasteiger partial charge in [-0.15, -0.1) is 0 Å². The Bertz CT molecular complexity index is 348. The highest BCUT2D eigenvalue weighted by Crippen LogP contribution is 2.27. The second-order valence-electron chi connectivity index (χ2n) is 4.36. The number of hydrogen-bond donors (Lipinski definition) is 0. The molecule has 0 radical (unpaired) electrons. The third-order valence-corrected chi connectivity index (χ3v) is 3.37. The molecule has 1 aromatic heterocycles. The van der Waals surface area contributed by atoms with Crippen molar-refractivity contribution in [1.29, 1.82) is 0 Å². The van der Waals surface area contributed by atoms with Crippen LogP contribution in [0.1, 0.15) is 44.6 Å². The van der Waals surface area contributed by atoms with Gasteiger partial charge in [-0.25, -0.2) is 4.98 Å². The monoisotopic (exact) mass is 239 g/mol. The molecule has 0 amide bonds. The van der Waals surface area contributed by atoms with E-state index in [4.69, 9.17) is 16.3 Å². The van der Waals surface area contributed by atoms with Gasteiger partial charge in [-0.05, 0) is 43.7 Å². The number of halogens is 1. The Balaban J connectivity index is 2.03. The maximum atomic E-state index is 6.14. The standard InChI is InChI=1S/C13H18ClNO/c1-2-10-8-12(14)13(15-9-10)16-11-6-4-3-5-7-11/h8-9,11H,2-7H2,1H3. The van der Waals surface area contributed by atoms with E-state index in [1.807, 2.05) is 12.3 Å². The quantitative estimate of drug-likeness (QED) is 0.795. The van der Waals surface area contributed by atoms with E-state index in [0.29, 0.717) is 17.0 Å². The lowest BCUT2D eigenvalue weighted by Gasteiger charge is -2.22. The Morgan fingerprint density at radius 1 is 1.38 bits per heavy atom. The number of aryl methyl sites for hydroxylation is 1. The van der Waals surface area contributed by atoms with Crippen molar-refractivity contribution in [3.8, 4) is 5.88 Å². The average molecular weight is 240 g/mol. The third-order valence-electron chi connectivity index (χ3n) is 3.10. The van der Waals surface area contributed by atoms with Crippen LogP contribution in [-0.2, 0) is 6.42 Å². The fraction of sp³-hybridized carbons (Fsp3) is 0.615. The Hall–Kier alpha value is -0.760. The van der Waals surface area contributed by atoms with Crippen LogP contribution in [0.4, 0.5) is 0 Å². The minimum Gasteiger partial charge on any atom is -0.473 e. The molecule has 0 atom stereocenters. The molecule has 2 nitrogen and oxygen atoms in total. The molecule has 1 fully saturated rings. The maximum absolute atomic E-state index is 6.14. The minimum absolute atomic E-state index is 0.311. The number of hydrogen-bond acceptors (Lipinski definition) is 2. The van der Waals surface area contributed by atoms with E-state index >= 15 is 0 Å². The summed E-state index contributed by atoms with van der Waals surface area (Å²) in [7, 11) is 0. The first-order chi connectivity index (χ1) is 7.79. The van der Waals surface area contributed by atoms with E-state index in [1.54, 1.807) is 0 Å². The van der Waals surface area contributed by atoms with Gasteiger partial charge in [0, 0.05) is 6.20 Å². The molecule has 1 aliphatic rings. The molecule has 0 saturated heterocycles. The van der Waals surface area contributed by atoms with E-state index in [2.05, 4.69) is 11.9 Å². The minimum atomic E-state index is 0.311. The number of aromatic nitrogens is 1. The fourth-order valence-electron chi connectivity index (χ4n) is 2.09. The molecule has 1 aromatic rings. The first-order valence-corrected chi connectivity index (χ1v) is 6.48. The van der Waals surface area contributed by atoms with E-state index in [9.17, 15) is 0 Å². The normalized spacial score (nSPS) is 17.4. The molecule has 88 valence electrons. The summed E-state index contributed by atoms with van der Waals surface area (Å²) in [5, 5.41) is 0.643. The van der Waals surface area contributed by atoms with Gasteiger partial charge in [-0.1, -0.05) is 24.9 Å². The summed E-state index contributed by atoms with van der Waals surface area (Å²) in [6.07, 6.45) is 9.23. The van der Waals surface area contributed by atoms with Crippen LogP contribution < -0.4 is 4.74 Å². The zero-order valence-corrected chi connectivity index (χ0v) is 10.5. The summed E-state index contributed by atoms with van der Waals surface area (Å²) in [4.78, 5) is 4.29. The van der Waals surface area contributed by atoms with Crippen molar-refractivity contribution in [2.45, 2.75) is 51.6 Å². The Morgan fingerprint density at radius 3 is 2.75 bits per heavy atom. The van der Waals surface area contributed by atoms with E-state index in [1.165, 1.54) is 19.3 Å². The van der Waals surface area contributed by atoms with Gasteiger partial charge in [0.05, 0.1) is 0 Å². The molecule has 0 aliphatic heterocycles. The summed E-state index contributed by atoms with van der Waals surface area (Å²) >= 11 is 6.14. The molecule has 0 unspecified atom stereocenters. The van der Waals surface area contributed by atoms with Crippen LogP contribution in [0.5, 0.6) is 5.88 Å². The number of ether oxygens (including phenoxy) is 1. The van der Waals surface area contributed by atoms with Crippen molar-refractivity contribution in [3.05, 3.63) is 22.8 Å². The zero-order chi connectivity index (χ0) is 11.4. The summed E-state index contributed by atoms with van der Waals surface area (Å²) in [5.74, 6) is 0.603. The van der Waals surface area contributed by atoms with E-state index in [0.717, 1.165) is 24.8 Å². The highest BCUT2D eigenvalue weighted by Gasteiger charge is 2.16. The second kappa shape index (κ2) is 5.53. The molecule has 1 saturated carbocycles. The fourth-order valence-corrected chi connectivity index (χ4v) is 2.32. The summed E-state index contributed by atoms with van der Waals surface area (Å²) in [6.45, 7) is 2.09. The van der Waals surface area contributed by atoms with Crippen LogP contribution in [0.15, 0.2) is 12.3 Å². The van der Waals surface area contributed by atoms with Gasteiger partial charge in [0.15, 0.2) is 0 Å². The van der Waals surface area contributed by atoms with Crippen LogP contribution in [0.25, 0.3) is 0 Å². The molecule has 16 heavy (non-hydrogen) atoms. The van der Waals surface area contributed by atoms with Gasteiger partial charge in [0.1, 0.15) is 11.1 Å². The summed E-state index contributed by atoms with van der Waals surface area (Å²) in [5.41, 5.74) is 1.15. The zero-order valence-electron chi connectivity index (χ0n) is 9.71. The van der Waals surface area contributed by atoms with Gasteiger partial charge in [-0.3, -0.25) is 0 Å². The summed E-state index contributed by atoms with van der Waals surface area (Å²) in [6, 6.07) is 1.95. The molecule has 1 heterocycles. The smallest absolute Gasteiger partial charge is 0.232 e. The lowest BCUT2D eigenvalue weighted by Crippen LogP contribution is -2.20. The number of pyridine rings is 1. The van der Waals surface area contributed by atoms with E-state index in [-0.39, 0.29) is 0 Å². The SMILES string of the molecule is CCc1cnc(OC2CCCCC2)c(Cl)c1. The highest BCUT2D eigenvalue weighted by atomic mass is 35.5. The Morgan fingerprint density at radius 2 is 2.12 bits per heavy atom. The van der Waals surface area contributed by atoms with Crippen LogP contribution in [0.3, 0.4) is 0 Å². The van der Waals surface area contributed by atoms with Gasteiger partial charge >= 0.3 is 0 Å². The second-order valence-corrected chi connectivity index (χ2v) is 4.77. The van der Waals surface area contributed by atoms with Crippen molar-refractivity contribution in [3.63, 3.8) is 0 Å². The largest absolute Gasteiger partial charge is 0.473 e. The van der Waals surface area contributed by atoms with Gasteiger partial charge in [-0.2, -0.15) is 0 Å². The maximum Gasteiger partial charge on any atom is 0.232 e. The topological polar surface area (TPSA) is 22.1 Å². The lowest BCUT2D eigenvalue weighted by molar-refractivity contribution is 0.149. The lowest BCUT2D eigenvalue weighted by atomic mass is 9.98. The highest BCUT2D eigenvalue weighted by molar-refractivity contribution is 6.31. The molecule has 3 heteroatoms. The first kappa shape index (κ1) is 11.7. The van der Waals surface area contributed by atoms with Gasteiger partial charge in [0.25, 0.3) is 0 Å². The van der Waals surface area contributed by atoms with E-state index < -0.39 is 0 Å². The van der Waals surface area contributed by atoms with Gasteiger partial charge in [0.2, 0.25) is 5.88 Å².